The Morgan fingerprint density at radius 2 is 1.96 bits per heavy atom. The first-order chi connectivity index (χ1) is 13.5. The minimum Gasteiger partial charge on any atom is -0.465 e. The third-order valence-corrected chi connectivity index (χ3v) is 5.38. The fourth-order valence-electron chi connectivity index (χ4n) is 2.88. The SMILES string of the molecule is CCOCCn1c(=NC(=O)c2ccccc2C)sc2cc(C(=O)OC)ccc21. The summed E-state index contributed by atoms with van der Waals surface area (Å²) in [5, 5.41) is 0. The summed E-state index contributed by atoms with van der Waals surface area (Å²) >= 11 is 1.36. The molecule has 1 aromatic heterocycles. The fraction of sp³-hybridized carbons (Fsp3) is 0.286. The Balaban J connectivity index is 2.10. The van der Waals surface area contributed by atoms with Gasteiger partial charge in [-0.2, -0.15) is 4.99 Å². The van der Waals surface area contributed by atoms with Crippen LogP contribution in [0.3, 0.4) is 0 Å². The van der Waals surface area contributed by atoms with E-state index in [2.05, 4.69) is 4.99 Å². The van der Waals surface area contributed by atoms with Gasteiger partial charge in [0.05, 0.1) is 29.5 Å². The number of hydrogen-bond acceptors (Lipinski definition) is 5. The van der Waals surface area contributed by atoms with Gasteiger partial charge in [0, 0.05) is 18.7 Å². The molecule has 0 fully saturated rings. The molecule has 28 heavy (non-hydrogen) atoms. The number of fused-ring (bicyclic) bond motifs is 1. The molecule has 0 unspecified atom stereocenters. The van der Waals surface area contributed by atoms with E-state index in [9.17, 15) is 9.59 Å². The molecule has 0 aliphatic rings. The maximum absolute atomic E-state index is 12.7. The van der Waals surface area contributed by atoms with E-state index in [1.165, 1.54) is 18.4 Å². The van der Waals surface area contributed by atoms with Crippen LogP contribution >= 0.6 is 11.3 Å². The molecule has 0 atom stereocenters. The maximum atomic E-state index is 12.7. The molecule has 3 aromatic rings. The number of thiazole rings is 1. The molecule has 2 aromatic carbocycles. The summed E-state index contributed by atoms with van der Waals surface area (Å²) in [5.74, 6) is -0.686. The maximum Gasteiger partial charge on any atom is 0.337 e. The van der Waals surface area contributed by atoms with Crippen LogP contribution in [0.5, 0.6) is 0 Å². The van der Waals surface area contributed by atoms with Gasteiger partial charge in [-0.3, -0.25) is 4.79 Å². The van der Waals surface area contributed by atoms with Gasteiger partial charge in [-0.25, -0.2) is 4.79 Å². The number of hydrogen-bond donors (Lipinski definition) is 0. The number of benzene rings is 2. The van der Waals surface area contributed by atoms with Gasteiger partial charge in [0.25, 0.3) is 5.91 Å². The number of aromatic nitrogens is 1. The van der Waals surface area contributed by atoms with Crippen LogP contribution < -0.4 is 4.80 Å². The van der Waals surface area contributed by atoms with E-state index in [0.717, 1.165) is 15.8 Å². The van der Waals surface area contributed by atoms with E-state index in [1.807, 2.05) is 42.7 Å². The average molecular weight is 398 g/mol. The van der Waals surface area contributed by atoms with Crippen molar-refractivity contribution in [3.8, 4) is 0 Å². The van der Waals surface area contributed by atoms with E-state index in [1.54, 1.807) is 18.2 Å². The molecular formula is C21H22N2O4S. The van der Waals surface area contributed by atoms with Crippen molar-refractivity contribution in [1.29, 1.82) is 0 Å². The number of aryl methyl sites for hydroxylation is 1. The van der Waals surface area contributed by atoms with Crippen molar-refractivity contribution in [2.24, 2.45) is 4.99 Å². The topological polar surface area (TPSA) is 69.9 Å². The van der Waals surface area contributed by atoms with E-state index in [-0.39, 0.29) is 5.91 Å². The van der Waals surface area contributed by atoms with Crippen LogP contribution in [0.4, 0.5) is 0 Å². The van der Waals surface area contributed by atoms with Crippen LogP contribution in [-0.2, 0) is 16.0 Å². The first-order valence-corrected chi connectivity index (χ1v) is 9.81. The predicted octanol–water partition coefficient (Wildman–Crippen LogP) is 3.58. The summed E-state index contributed by atoms with van der Waals surface area (Å²) in [6.45, 7) is 5.51. The number of rotatable bonds is 6. The van der Waals surface area contributed by atoms with Crippen LogP contribution in [-0.4, -0.2) is 36.8 Å². The molecule has 0 saturated heterocycles. The quantitative estimate of drug-likeness (QED) is 0.470. The van der Waals surface area contributed by atoms with Crippen LogP contribution in [0.1, 0.15) is 33.2 Å². The molecule has 0 N–H and O–H groups in total. The first-order valence-electron chi connectivity index (χ1n) is 8.99. The highest BCUT2D eigenvalue weighted by Crippen LogP contribution is 2.20. The van der Waals surface area contributed by atoms with Crippen LogP contribution in [0.2, 0.25) is 0 Å². The summed E-state index contributed by atoms with van der Waals surface area (Å²) in [7, 11) is 1.35. The Morgan fingerprint density at radius 1 is 1.18 bits per heavy atom. The number of esters is 1. The summed E-state index contributed by atoms with van der Waals surface area (Å²) in [6, 6.07) is 12.7. The molecule has 146 valence electrons. The highest BCUT2D eigenvalue weighted by Gasteiger charge is 2.13. The van der Waals surface area contributed by atoms with Gasteiger partial charge in [-0.15, -0.1) is 0 Å². The minimum atomic E-state index is -0.398. The number of nitrogens with zero attached hydrogens (tertiary/aromatic N) is 2. The van der Waals surface area contributed by atoms with Gasteiger partial charge in [0.15, 0.2) is 4.80 Å². The van der Waals surface area contributed by atoms with Crippen LogP contribution in [0.15, 0.2) is 47.5 Å². The zero-order chi connectivity index (χ0) is 20.1. The largest absolute Gasteiger partial charge is 0.465 e. The number of ether oxygens (including phenoxy) is 2. The lowest BCUT2D eigenvalue weighted by Crippen LogP contribution is -2.20. The summed E-state index contributed by atoms with van der Waals surface area (Å²) in [6.07, 6.45) is 0. The number of methoxy groups -OCH3 is 1. The molecule has 7 heteroatoms. The second-order valence-electron chi connectivity index (χ2n) is 6.14. The Morgan fingerprint density at radius 3 is 2.68 bits per heavy atom. The lowest BCUT2D eigenvalue weighted by molar-refractivity contribution is 0.0600. The van der Waals surface area contributed by atoms with Crippen LogP contribution in [0, 0.1) is 6.92 Å². The zero-order valence-corrected chi connectivity index (χ0v) is 16.9. The molecule has 1 amide bonds. The zero-order valence-electron chi connectivity index (χ0n) is 16.1. The second-order valence-corrected chi connectivity index (χ2v) is 7.15. The van der Waals surface area contributed by atoms with Crippen molar-refractivity contribution in [3.63, 3.8) is 0 Å². The molecule has 0 spiro atoms. The van der Waals surface area contributed by atoms with Gasteiger partial charge in [-0.1, -0.05) is 29.5 Å². The van der Waals surface area contributed by atoms with Crippen molar-refractivity contribution in [3.05, 3.63) is 64.0 Å². The molecule has 0 aliphatic carbocycles. The van der Waals surface area contributed by atoms with E-state index < -0.39 is 5.97 Å². The Bertz CT molecular complexity index is 1080. The monoisotopic (exact) mass is 398 g/mol. The van der Waals surface area contributed by atoms with Crippen molar-refractivity contribution < 1.29 is 19.1 Å². The molecule has 1 heterocycles. The number of carbonyl (C=O) groups is 2. The van der Waals surface area contributed by atoms with Gasteiger partial charge in [0.1, 0.15) is 0 Å². The molecule has 3 rings (SSSR count). The summed E-state index contributed by atoms with van der Waals surface area (Å²) < 4.78 is 13.1. The van der Waals surface area contributed by atoms with Gasteiger partial charge < -0.3 is 14.0 Å². The lowest BCUT2D eigenvalue weighted by Gasteiger charge is -2.06. The molecular weight excluding hydrogens is 376 g/mol. The minimum absolute atomic E-state index is 0.289. The molecule has 0 radical (unpaired) electrons. The van der Waals surface area contributed by atoms with Crippen molar-refractivity contribution in [1.82, 2.24) is 4.57 Å². The van der Waals surface area contributed by atoms with Gasteiger partial charge in [-0.05, 0) is 43.7 Å². The summed E-state index contributed by atoms with van der Waals surface area (Å²) in [4.78, 5) is 29.5. The van der Waals surface area contributed by atoms with E-state index >= 15 is 0 Å². The Kier molecular flexibility index (Phi) is 6.38. The Hall–Kier alpha value is -2.77. The third kappa shape index (κ3) is 4.21. The van der Waals surface area contributed by atoms with Gasteiger partial charge in [0.2, 0.25) is 0 Å². The Labute approximate surface area is 167 Å². The molecule has 0 saturated carbocycles. The third-order valence-electron chi connectivity index (χ3n) is 4.34. The van der Waals surface area contributed by atoms with Crippen molar-refractivity contribution >= 4 is 33.4 Å². The standard InChI is InChI=1S/C21H22N2O4S/c1-4-27-12-11-23-17-10-9-15(20(25)26-3)13-18(17)28-21(23)22-19(24)16-8-6-5-7-14(16)2/h5-10,13H,4,11-12H2,1-3H3. The van der Waals surface area contributed by atoms with Crippen molar-refractivity contribution in [2.45, 2.75) is 20.4 Å². The smallest absolute Gasteiger partial charge is 0.337 e. The van der Waals surface area contributed by atoms with E-state index in [0.29, 0.717) is 35.7 Å². The normalized spacial score (nSPS) is 11.8. The van der Waals surface area contributed by atoms with Crippen molar-refractivity contribution in [2.75, 3.05) is 20.3 Å². The van der Waals surface area contributed by atoms with Crippen LogP contribution in [0.25, 0.3) is 10.2 Å². The first kappa shape index (κ1) is 20.0. The fourth-order valence-corrected chi connectivity index (χ4v) is 3.97. The van der Waals surface area contributed by atoms with E-state index in [4.69, 9.17) is 9.47 Å². The number of amides is 1. The predicted molar refractivity (Wildman–Crippen MR) is 109 cm³/mol. The molecule has 6 nitrogen and oxygen atoms in total. The lowest BCUT2D eigenvalue weighted by atomic mass is 10.1. The highest BCUT2D eigenvalue weighted by atomic mass is 32.1. The molecule has 0 bridgehead atoms. The average Bonchev–Trinajstić information content (AvgIpc) is 3.04. The number of carbonyl (C=O) groups excluding carboxylic acids is 2. The molecule has 0 aliphatic heterocycles. The second kappa shape index (κ2) is 8.95. The summed E-state index contributed by atoms with van der Waals surface area (Å²) in [5.41, 5.74) is 2.82. The highest BCUT2D eigenvalue weighted by molar-refractivity contribution is 7.16. The van der Waals surface area contributed by atoms with Gasteiger partial charge >= 0.3 is 5.97 Å².